The van der Waals surface area contributed by atoms with Gasteiger partial charge in [-0.1, -0.05) is 0 Å². The molecule has 0 unspecified atom stereocenters. The van der Waals surface area contributed by atoms with Crippen molar-refractivity contribution in [3.63, 3.8) is 0 Å². The lowest BCUT2D eigenvalue weighted by Crippen LogP contribution is -2.08. The second-order valence-corrected chi connectivity index (χ2v) is 1.53. The maximum absolute atomic E-state index is 10.1. The van der Waals surface area contributed by atoms with Crippen molar-refractivity contribution >= 4 is 11.5 Å². The maximum atomic E-state index is 10.1. The molecule has 0 radical (unpaired) electrons. The predicted molar refractivity (Wildman–Crippen MR) is 33.1 cm³/mol. The molecule has 0 spiro atoms. The molecule has 0 aromatic carbocycles. The van der Waals surface area contributed by atoms with E-state index in [1.807, 2.05) is 0 Å². The highest BCUT2D eigenvalue weighted by molar-refractivity contribution is 5.52. The highest BCUT2D eigenvalue weighted by atomic mass is 16.6. The molecule has 0 aliphatic rings. The number of nitrogens with zero attached hydrogens (tertiary/aromatic N) is 2. The van der Waals surface area contributed by atoms with Crippen LogP contribution < -0.4 is 11.3 Å². The summed E-state index contributed by atoms with van der Waals surface area (Å²) in [5.41, 5.74) is 1.93. The molecule has 0 saturated heterocycles. The molecule has 1 heterocycles. The van der Waals surface area contributed by atoms with Crippen LogP contribution in [0.1, 0.15) is 0 Å². The Morgan fingerprint density at radius 2 is 2.60 bits per heavy atom. The molecule has 54 valence electrons. The Morgan fingerprint density at radius 3 is 3.00 bits per heavy atom. The molecular weight excluding hydrogens is 138 g/mol. The third-order valence-electron chi connectivity index (χ3n) is 0.960. The average Bonchev–Trinajstić information content (AvgIpc) is 2.33. The lowest BCUT2D eigenvalue weighted by atomic mass is 10.5. The Labute approximate surface area is 55.3 Å². The van der Waals surface area contributed by atoms with Crippen LogP contribution >= 0.6 is 0 Å². The number of hydrogen-bond donors (Lipinski definition) is 3. The molecular formula is C3H5N5O2. The molecule has 0 aliphatic heterocycles. The number of anilines is 1. The second kappa shape index (κ2) is 2.31. The van der Waals surface area contributed by atoms with Gasteiger partial charge in [0.15, 0.2) is 0 Å². The van der Waals surface area contributed by atoms with Crippen LogP contribution in [0.15, 0.2) is 6.20 Å². The van der Waals surface area contributed by atoms with Crippen molar-refractivity contribution in [1.82, 2.24) is 10.2 Å². The van der Waals surface area contributed by atoms with E-state index in [1.165, 1.54) is 0 Å². The fourth-order valence-corrected chi connectivity index (χ4v) is 0.524. The topological polar surface area (TPSA) is 110 Å². The SMILES string of the molecule is NNc1[nH]ncc1[N+](=O)[O-]. The average molecular weight is 143 g/mol. The molecule has 0 fully saturated rings. The molecule has 1 aromatic rings. The van der Waals surface area contributed by atoms with Gasteiger partial charge in [0.1, 0.15) is 6.20 Å². The summed E-state index contributed by atoms with van der Waals surface area (Å²) < 4.78 is 0. The van der Waals surface area contributed by atoms with Gasteiger partial charge in [0.25, 0.3) is 0 Å². The zero-order valence-electron chi connectivity index (χ0n) is 4.87. The molecule has 0 amide bonds. The largest absolute Gasteiger partial charge is 0.331 e. The summed E-state index contributed by atoms with van der Waals surface area (Å²) in [4.78, 5) is 9.51. The van der Waals surface area contributed by atoms with E-state index in [2.05, 4.69) is 15.6 Å². The molecule has 1 aromatic heterocycles. The van der Waals surface area contributed by atoms with E-state index in [0.29, 0.717) is 0 Å². The number of nitrogen functional groups attached to an aromatic ring is 1. The molecule has 0 bridgehead atoms. The van der Waals surface area contributed by atoms with Crippen molar-refractivity contribution < 1.29 is 4.92 Å². The summed E-state index contributed by atoms with van der Waals surface area (Å²) in [6.45, 7) is 0. The standard InChI is InChI=1S/C3H5N5O2/c4-6-3-2(8(9)10)1-5-7-3/h1H,4H2,(H2,5,6,7). The maximum Gasteiger partial charge on any atom is 0.331 e. The summed E-state index contributed by atoms with van der Waals surface area (Å²) >= 11 is 0. The van der Waals surface area contributed by atoms with Gasteiger partial charge in [0.2, 0.25) is 5.82 Å². The van der Waals surface area contributed by atoms with Crippen molar-refractivity contribution in [3.05, 3.63) is 16.3 Å². The summed E-state index contributed by atoms with van der Waals surface area (Å²) in [7, 11) is 0. The van der Waals surface area contributed by atoms with Crippen LogP contribution in [0.25, 0.3) is 0 Å². The van der Waals surface area contributed by atoms with Gasteiger partial charge < -0.3 is 5.43 Å². The van der Waals surface area contributed by atoms with E-state index in [9.17, 15) is 10.1 Å². The van der Waals surface area contributed by atoms with Crippen molar-refractivity contribution in [1.29, 1.82) is 0 Å². The predicted octanol–water partition coefficient (Wildman–Crippen LogP) is -0.397. The quantitative estimate of drug-likeness (QED) is 0.296. The lowest BCUT2D eigenvalue weighted by molar-refractivity contribution is -0.384. The van der Waals surface area contributed by atoms with Crippen LogP contribution in [-0.4, -0.2) is 15.1 Å². The second-order valence-electron chi connectivity index (χ2n) is 1.53. The third kappa shape index (κ3) is 0.890. The summed E-state index contributed by atoms with van der Waals surface area (Å²) in [6.07, 6.45) is 1.08. The Bertz CT molecular complexity index is 243. The van der Waals surface area contributed by atoms with E-state index in [1.54, 1.807) is 0 Å². The van der Waals surface area contributed by atoms with Crippen LogP contribution in [0.2, 0.25) is 0 Å². The van der Waals surface area contributed by atoms with Gasteiger partial charge in [0, 0.05) is 0 Å². The number of nitro groups is 1. The summed E-state index contributed by atoms with van der Waals surface area (Å²) in [5.74, 6) is 5.01. The van der Waals surface area contributed by atoms with E-state index < -0.39 is 4.92 Å². The summed E-state index contributed by atoms with van der Waals surface area (Å²) in [6, 6.07) is 0. The number of rotatable bonds is 2. The number of nitrogens with two attached hydrogens (primary N) is 1. The minimum atomic E-state index is -0.585. The first-order chi connectivity index (χ1) is 4.75. The van der Waals surface area contributed by atoms with Crippen LogP contribution in [-0.2, 0) is 0 Å². The Balaban J connectivity index is 3.01. The van der Waals surface area contributed by atoms with E-state index in [4.69, 9.17) is 5.84 Å². The van der Waals surface area contributed by atoms with E-state index in [0.717, 1.165) is 6.20 Å². The normalized spacial score (nSPS) is 9.30. The monoisotopic (exact) mass is 143 g/mol. The van der Waals surface area contributed by atoms with Gasteiger partial charge >= 0.3 is 5.69 Å². The van der Waals surface area contributed by atoms with E-state index >= 15 is 0 Å². The van der Waals surface area contributed by atoms with Gasteiger partial charge in [-0.3, -0.25) is 15.2 Å². The first-order valence-electron chi connectivity index (χ1n) is 2.40. The minimum Gasteiger partial charge on any atom is -0.303 e. The molecule has 1 rings (SSSR count). The first kappa shape index (κ1) is 6.49. The number of hydrazine groups is 1. The van der Waals surface area contributed by atoms with Crippen LogP contribution in [0, 0.1) is 10.1 Å². The zero-order valence-corrected chi connectivity index (χ0v) is 4.87. The van der Waals surface area contributed by atoms with Crippen molar-refractivity contribution in [2.75, 3.05) is 5.43 Å². The van der Waals surface area contributed by atoms with Crippen molar-refractivity contribution in [2.24, 2.45) is 5.84 Å². The van der Waals surface area contributed by atoms with Gasteiger partial charge in [0.05, 0.1) is 4.92 Å². The molecule has 7 heteroatoms. The number of aromatic amines is 1. The molecule has 0 aliphatic carbocycles. The zero-order chi connectivity index (χ0) is 7.56. The number of H-pyrrole nitrogens is 1. The Morgan fingerprint density at radius 1 is 1.90 bits per heavy atom. The van der Waals surface area contributed by atoms with E-state index in [-0.39, 0.29) is 11.5 Å². The highest BCUT2D eigenvalue weighted by Gasteiger charge is 2.13. The van der Waals surface area contributed by atoms with Gasteiger partial charge in [-0.2, -0.15) is 5.10 Å². The first-order valence-corrected chi connectivity index (χ1v) is 2.40. The molecule has 0 saturated carbocycles. The van der Waals surface area contributed by atoms with Gasteiger partial charge in [-0.25, -0.2) is 5.84 Å². The minimum absolute atomic E-state index is 0.102. The van der Waals surface area contributed by atoms with Gasteiger partial charge in [-0.05, 0) is 0 Å². The van der Waals surface area contributed by atoms with Crippen LogP contribution in [0.3, 0.4) is 0 Å². The van der Waals surface area contributed by atoms with Crippen molar-refractivity contribution in [2.45, 2.75) is 0 Å². The van der Waals surface area contributed by atoms with Crippen LogP contribution in [0.5, 0.6) is 0 Å². The fourth-order valence-electron chi connectivity index (χ4n) is 0.524. The molecule has 7 nitrogen and oxygen atoms in total. The number of nitrogens with one attached hydrogen (secondary N) is 2. The fraction of sp³-hybridized carbons (Fsp3) is 0. The van der Waals surface area contributed by atoms with Crippen molar-refractivity contribution in [3.8, 4) is 0 Å². The Hall–Kier alpha value is -1.63. The molecule has 4 N–H and O–H groups in total. The summed E-state index contributed by atoms with van der Waals surface area (Å²) in [5, 5.41) is 15.8. The molecule has 0 atom stereocenters. The lowest BCUT2D eigenvalue weighted by Gasteiger charge is -1.90. The smallest absolute Gasteiger partial charge is 0.303 e. The number of hydrogen-bond acceptors (Lipinski definition) is 5. The van der Waals surface area contributed by atoms with Gasteiger partial charge in [-0.15, -0.1) is 0 Å². The Kier molecular flexibility index (Phi) is 1.50. The third-order valence-corrected chi connectivity index (χ3v) is 0.960. The van der Waals surface area contributed by atoms with Crippen LogP contribution in [0.4, 0.5) is 11.5 Å². The number of aromatic nitrogens is 2. The molecule has 10 heavy (non-hydrogen) atoms. The highest BCUT2D eigenvalue weighted by Crippen LogP contribution is 2.17.